The molecule has 6 heteroatoms. The summed E-state index contributed by atoms with van der Waals surface area (Å²) in [7, 11) is 0. The summed E-state index contributed by atoms with van der Waals surface area (Å²) in [5, 5.41) is 6.73. The average molecular weight is 322 g/mol. The maximum atomic E-state index is 13.0. The van der Waals surface area contributed by atoms with Crippen molar-refractivity contribution in [1.82, 2.24) is 15.5 Å². The molecule has 5 nitrogen and oxygen atoms in total. The predicted molar refractivity (Wildman–Crippen MR) is 84.7 cm³/mol. The van der Waals surface area contributed by atoms with Crippen LogP contribution < -0.4 is 10.6 Å². The molecule has 22 heavy (non-hydrogen) atoms. The molecule has 1 aromatic carbocycles. The number of carbonyl (C=O) groups is 2. The van der Waals surface area contributed by atoms with Gasteiger partial charge in [-0.15, -0.1) is 0 Å². The van der Waals surface area contributed by atoms with Crippen molar-refractivity contribution in [3.8, 4) is 0 Å². The summed E-state index contributed by atoms with van der Waals surface area (Å²) in [5.41, 5.74) is 0.726. The first kappa shape index (κ1) is 15.3. The SMILES string of the molecule is O=C1CCN(C(=O)C2(Cc3ccc(Cl)cc3)CNC2)CCN1. The maximum Gasteiger partial charge on any atom is 0.231 e. The second kappa shape index (κ2) is 6.26. The van der Waals surface area contributed by atoms with Crippen molar-refractivity contribution in [2.45, 2.75) is 12.8 Å². The largest absolute Gasteiger partial charge is 0.354 e. The molecule has 3 rings (SSSR count). The molecule has 1 aromatic rings. The molecule has 0 aliphatic carbocycles. The molecule has 0 aromatic heterocycles. The van der Waals surface area contributed by atoms with Crippen LogP contribution in [0.1, 0.15) is 12.0 Å². The Kier molecular flexibility index (Phi) is 4.36. The van der Waals surface area contributed by atoms with Crippen LogP contribution in [0, 0.1) is 5.41 Å². The number of nitrogens with one attached hydrogen (secondary N) is 2. The number of carbonyl (C=O) groups excluding carboxylic acids is 2. The van der Waals surface area contributed by atoms with Crippen LogP contribution >= 0.6 is 11.6 Å². The van der Waals surface area contributed by atoms with E-state index in [1.54, 1.807) is 0 Å². The summed E-state index contributed by atoms with van der Waals surface area (Å²) in [6.45, 7) is 3.01. The van der Waals surface area contributed by atoms with Gasteiger partial charge >= 0.3 is 0 Å². The van der Waals surface area contributed by atoms with Crippen LogP contribution in [-0.4, -0.2) is 49.4 Å². The normalized spacial score (nSPS) is 20.8. The smallest absolute Gasteiger partial charge is 0.231 e. The van der Waals surface area contributed by atoms with Gasteiger partial charge in [-0.25, -0.2) is 0 Å². The molecule has 0 bridgehead atoms. The topological polar surface area (TPSA) is 61.4 Å². The lowest BCUT2D eigenvalue weighted by atomic mass is 9.75. The summed E-state index contributed by atoms with van der Waals surface area (Å²) in [4.78, 5) is 26.2. The zero-order valence-corrected chi connectivity index (χ0v) is 13.2. The second-order valence-corrected chi connectivity index (χ2v) is 6.52. The van der Waals surface area contributed by atoms with E-state index in [4.69, 9.17) is 11.6 Å². The van der Waals surface area contributed by atoms with E-state index in [9.17, 15) is 9.59 Å². The van der Waals surface area contributed by atoms with E-state index in [0.29, 0.717) is 50.6 Å². The summed E-state index contributed by atoms with van der Waals surface area (Å²) in [6, 6.07) is 7.66. The zero-order chi connectivity index (χ0) is 15.6. The molecule has 0 unspecified atom stereocenters. The van der Waals surface area contributed by atoms with Gasteiger partial charge in [0, 0.05) is 44.2 Å². The molecule has 2 aliphatic heterocycles. The number of amides is 2. The predicted octanol–water partition coefficient (Wildman–Crippen LogP) is 0.821. The maximum absolute atomic E-state index is 13.0. The van der Waals surface area contributed by atoms with Gasteiger partial charge in [-0.05, 0) is 24.1 Å². The van der Waals surface area contributed by atoms with Crippen LogP contribution in [0.15, 0.2) is 24.3 Å². The van der Waals surface area contributed by atoms with Gasteiger partial charge in [0.1, 0.15) is 0 Å². The summed E-state index contributed by atoms with van der Waals surface area (Å²) in [6.07, 6.45) is 1.09. The van der Waals surface area contributed by atoms with Crippen molar-refractivity contribution < 1.29 is 9.59 Å². The molecule has 0 atom stereocenters. The number of rotatable bonds is 3. The third-order valence-electron chi connectivity index (χ3n) is 4.44. The van der Waals surface area contributed by atoms with Gasteiger partial charge in [0.25, 0.3) is 0 Å². The molecule has 2 saturated heterocycles. The van der Waals surface area contributed by atoms with Crippen molar-refractivity contribution in [1.29, 1.82) is 0 Å². The van der Waals surface area contributed by atoms with Crippen molar-refractivity contribution in [2.24, 2.45) is 5.41 Å². The van der Waals surface area contributed by atoms with Crippen LogP contribution in [0.2, 0.25) is 5.02 Å². The minimum absolute atomic E-state index is 0.0220. The molecular weight excluding hydrogens is 302 g/mol. The molecule has 0 saturated carbocycles. The van der Waals surface area contributed by atoms with Crippen LogP contribution in [-0.2, 0) is 16.0 Å². The molecule has 2 amide bonds. The fourth-order valence-corrected chi connectivity index (χ4v) is 3.20. The Bertz CT molecular complexity index is 569. The van der Waals surface area contributed by atoms with E-state index >= 15 is 0 Å². The third-order valence-corrected chi connectivity index (χ3v) is 4.69. The monoisotopic (exact) mass is 321 g/mol. The quantitative estimate of drug-likeness (QED) is 0.866. The highest BCUT2D eigenvalue weighted by Crippen LogP contribution is 2.31. The fraction of sp³-hybridized carbons (Fsp3) is 0.500. The van der Waals surface area contributed by atoms with E-state index in [0.717, 1.165) is 5.56 Å². The number of halogens is 1. The minimum atomic E-state index is -0.388. The standard InChI is InChI=1S/C16H20ClN3O2/c17-13-3-1-12(2-4-13)9-16(10-18-11-16)15(22)20-7-5-14(21)19-6-8-20/h1-4,18H,5-11H2,(H,19,21). The molecule has 2 fully saturated rings. The van der Waals surface area contributed by atoms with Gasteiger partial charge in [-0.1, -0.05) is 23.7 Å². The van der Waals surface area contributed by atoms with Gasteiger partial charge < -0.3 is 15.5 Å². The van der Waals surface area contributed by atoms with Gasteiger partial charge in [-0.2, -0.15) is 0 Å². The molecule has 0 radical (unpaired) electrons. The highest BCUT2D eigenvalue weighted by Gasteiger charge is 2.46. The number of nitrogens with zero attached hydrogens (tertiary/aromatic N) is 1. The molecule has 118 valence electrons. The summed E-state index contributed by atoms with van der Waals surface area (Å²) in [5.74, 6) is 0.173. The van der Waals surface area contributed by atoms with E-state index in [1.807, 2.05) is 29.2 Å². The Balaban J connectivity index is 1.73. The Morgan fingerprint density at radius 3 is 2.59 bits per heavy atom. The van der Waals surface area contributed by atoms with Gasteiger partial charge in [0.05, 0.1) is 5.41 Å². The Morgan fingerprint density at radius 2 is 1.95 bits per heavy atom. The first-order chi connectivity index (χ1) is 10.6. The number of benzene rings is 1. The Hall–Kier alpha value is -1.59. The molecule has 2 heterocycles. The molecular formula is C16H20ClN3O2. The van der Waals surface area contributed by atoms with E-state index in [-0.39, 0.29) is 17.2 Å². The van der Waals surface area contributed by atoms with Crippen LogP contribution in [0.25, 0.3) is 0 Å². The first-order valence-electron chi connectivity index (χ1n) is 7.60. The third kappa shape index (κ3) is 3.10. The lowest BCUT2D eigenvalue weighted by molar-refractivity contribution is -0.145. The number of hydrogen-bond donors (Lipinski definition) is 2. The van der Waals surface area contributed by atoms with Gasteiger partial charge in [-0.3, -0.25) is 9.59 Å². The van der Waals surface area contributed by atoms with Gasteiger partial charge in [0.15, 0.2) is 0 Å². The van der Waals surface area contributed by atoms with Crippen LogP contribution in [0.5, 0.6) is 0 Å². The van der Waals surface area contributed by atoms with E-state index in [2.05, 4.69) is 10.6 Å². The highest BCUT2D eigenvalue weighted by molar-refractivity contribution is 6.30. The minimum Gasteiger partial charge on any atom is -0.354 e. The van der Waals surface area contributed by atoms with Gasteiger partial charge in [0.2, 0.25) is 11.8 Å². The molecule has 2 N–H and O–H groups in total. The molecule has 0 spiro atoms. The van der Waals surface area contributed by atoms with Crippen LogP contribution in [0.3, 0.4) is 0 Å². The highest BCUT2D eigenvalue weighted by atomic mass is 35.5. The fourth-order valence-electron chi connectivity index (χ4n) is 3.08. The summed E-state index contributed by atoms with van der Waals surface area (Å²) < 4.78 is 0. The second-order valence-electron chi connectivity index (χ2n) is 6.08. The molecule has 2 aliphatic rings. The lowest BCUT2D eigenvalue weighted by Gasteiger charge is -2.44. The zero-order valence-electron chi connectivity index (χ0n) is 12.4. The van der Waals surface area contributed by atoms with Crippen molar-refractivity contribution in [2.75, 3.05) is 32.7 Å². The number of hydrogen-bond acceptors (Lipinski definition) is 3. The lowest BCUT2D eigenvalue weighted by Crippen LogP contribution is -2.63. The average Bonchev–Trinajstić information content (AvgIpc) is 2.69. The van der Waals surface area contributed by atoms with Crippen LogP contribution in [0.4, 0.5) is 0 Å². The van der Waals surface area contributed by atoms with E-state index < -0.39 is 0 Å². The van der Waals surface area contributed by atoms with Crippen molar-refractivity contribution in [3.05, 3.63) is 34.9 Å². The van der Waals surface area contributed by atoms with Crippen molar-refractivity contribution in [3.63, 3.8) is 0 Å². The first-order valence-corrected chi connectivity index (χ1v) is 7.98. The Morgan fingerprint density at radius 1 is 1.23 bits per heavy atom. The summed E-state index contributed by atoms with van der Waals surface area (Å²) >= 11 is 5.92. The van der Waals surface area contributed by atoms with E-state index in [1.165, 1.54) is 0 Å². The van der Waals surface area contributed by atoms with Crippen molar-refractivity contribution >= 4 is 23.4 Å². The Labute approximate surface area is 135 Å².